The van der Waals surface area contributed by atoms with E-state index in [1.54, 1.807) is 0 Å². The molecule has 0 bridgehead atoms. The van der Waals surface area contributed by atoms with Crippen molar-refractivity contribution in [1.82, 2.24) is 4.98 Å². The van der Waals surface area contributed by atoms with Gasteiger partial charge >= 0.3 is 0 Å². The van der Waals surface area contributed by atoms with Crippen molar-refractivity contribution in [2.75, 3.05) is 0 Å². The predicted octanol–water partition coefficient (Wildman–Crippen LogP) is 2.55. The van der Waals surface area contributed by atoms with E-state index in [1.165, 1.54) is 11.3 Å². The Morgan fingerprint density at radius 3 is 2.91 bits per heavy atom. The van der Waals surface area contributed by atoms with E-state index in [9.17, 15) is 0 Å². The molecule has 56 valence electrons. The van der Waals surface area contributed by atoms with E-state index in [0.717, 1.165) is 18.5 Å². The van der Waals surface area contributed by atoms with Crippen LogP contribution in [-0.4, -0.2) is 4.98 Å². The largest absolute Gasteiger partial charge is 0.228 e. The summed E-state index contributed by atoms with van der Waals surface area (Å²) in [5.41, 5.74) is 0.919. The van der Waals surface area contributed by atoms with Crippen LogP contribution in [-0.2, 0) is 0 Å². The Bertz CT molecular complexity index is 322. The molecule has 1 aliphatic rings. The normalized spacial score (nSPS) is 16.4. The van der Waals surface area contributed by atoms with Gasteiger partial charge in [-0.15, -0.1) is 0 Å². The molecule has 11 heavy (non-hydrogen) atoms. The smallest absolute Gasteiger partial charge is 0.185 e. The van der Waals surface area contributed by atoms with Crippen LogP contribution >= 0.6 is 22.9 Å². The molecule has 0 aromatic carbocycles. The van der Waals surface area contributed by atoms with Gasteiger partial charge in [0.2, 0.25) is 0 Å². The van der Waals surface area contributed by atoms with Gasteiger partial charge in [0.05, 0.1) is 5.69 Å². The fourth-order valence-electron chi connectivity index (χ4n) is 1.02. The summed E-state index contributed by atoms with van der Waals surface area (Å²) in [6.07, 6.45) is 2.32. The number of halogens is 1. The van der Waals surface area contributed by atoms with Crippen LogP contribution < -0.4 is 0 Å². The SMILES string of the molecule is N#Cc1sc(Cl)nc1C1CC1. The third kappa shape index (κ3) is 1.24. The zero-order chi connectivity index (χ0) is 7.84. The molecule has 0 saturated heterocycles. The zero-order valence-corrected chi connectivity index (χ0v) is 7.24. The van der Waals surface area contributed by atoms with E-state index >= 15 is 0 Å². The van der Waals surface area contributed by atoms with Gasteiger partial charge in [-0.25, -0.2) is 4.98 Å². The van der Waals surface area contributed by atoms with E-state index in [0.29, 0.717) is 15.3 Å². The topological polar surface area (TPSA) is 36.7 Å². The number of hydrogen-bond donors (Lipinski definition) is 0. The zero-order valence-electron chi connectivity index (χ0n) is 5.67. The number of rotatable bonds is 1. The van der Waals surface area contributed by atoms with Crippen molar-refractivity contribution in [3.63, 3.8) is 0 Å². The molecule has 4 heteroatoms. The summed E-state index contributed by atoms with van der Waals surface area (Å²) in [7, 11) is 0. The molecule has 0 atom stereocenters. The average Bonchev–Trinajstić information content (AvgIpc) is 2.75. The van der Waals surface area contributed by atoms with E-state index < -0.39 is 0 Å². The maximum atomic E-state index is 8.67. The number of nitrogens with zero attached hydrogens (tertiary/aromatic N) is 2. The lowest BCUT2D eigenvalue weighted by atomic mass is 10.3. The first-order valence-corrected chi connectivity index (χ1v) is 4.57. The molecule has 1 aliphatic carbocycles. The molecule has 1 aromatic heterocycles. The monoisotopic (exact) mass is 184 g/mol. The van der Waals surface area contributed by atoms with Crippen LogP contribution in [0.5, 0.6) is 0 Å². The minimum absolute atomic E-state index is 0.489. The van der Waals surface area contributed by atoms with Crippen LogP contribution in [0.1, 0.15) is 29.3 Å². The Balaban J connectivity index is 2.44. The Labute approximate surface area is 73.4 Å². The predicted molar refractivity (Wildman–Crippen MR) is 43.8 cm³/mol. The molecule has 0 radical (unpaired) electrons. The molecular weight excluding hydrogens is 180 g/mol. The Kier molecular flexibility index (Phi) is 1.59. The third-order valence-electron chi connectivity index (χ3n) is 1.69. The highest BCUT2D eigenvalue weighted by Crippen LogP contribution is 2.43. The van der Waals surface area contributed by atoms with Crippen LogP contribution in [0, 0.1) is 11.3 Å². The summed E-state index contributed by atoms with van der Waals surface area (Å²) in [6, 6.07) is 2.11. The van der Waals surface area contributed by atoms with Crippen molar-refractivity contribution in [2.24, 2.45) is 0 Å². The number of aromatic nitrogens is 1. The molecule has 1 fully saturated rings. The highest BCUT2D eigenvalue weighted by Gasteiger charge is 2.29. The van der Waals surface area contributed by atoms with Gasteiger partial charge in [0.25, 0.3) is 0 Å². The first-order chi connectivity index (χ1) is 5.31. The van der Waals surface area contributed by atoms with Gasteiger partial charge in [0.15, 0.2) is 4.47 Å². The molecule has 2 nitrogen and oxygen atoms in total. The average molecular weight is 185 g/mol. The number of hydrogen-bond acceptors (Lipinski definition) is 3. The molecule has 0 aliphatic heterocycles. The van der Waals surface area contributed by atoms with Crippen LogP contribution in [0.4, 0.5) is 0 Å². The quantitative estimate of drug-likeness (QED) is 0.673. The van der Waals surface area contributed by atoms with Crippen molar-refractivity contribution < 1.29 is 0 Å². The maximum Gasteiger partial charge on any atom is 0.185 e. The van der Waals surface area contributed by atoms with Crippen molar-refractivity contribution in [3.05, 3.63) is 15.0 Å². The van der Waals surface area contributed by atoms with Crippen LogP contribution in [0.15, 0.2) is 0 Å². The van der Waals surface area contributed by atoms with E-state index in [1.807, 2.05) is 0 Å². The van der Waals surface area contributed by atoms with Crippen LogP contribution in [0.3, 0.4) is 0 Å². The van der Waals surface area contributed by atoms with E-state index in [4.69, 9.17) is 16.9 Å². The first-order valence-electron chi connectivity index (χ1n) is 3.37. The van der Waals surface area contributed by atoms with Gasteiger partial charge in [-0.1, -0.05) is 22.9 Å². The molecule has 0 amide bonds. The lowest BCUT2D eigenvalue weighted by Gasteiger charge is -1.86. The van der Waals surface area contributed by atoms with E-state index in [2.05, 4.69) is 11.1 Å². The van der Waals surface area contributed by atoms with Gasteiger partial charge < -0.3 is 0 Å². The van der Waals surface area contributed by atoms with Gasteiger partial charge in [-0.3, -0.25) is 0 Å². The Hall–Kier alpha value is -0.590. The molecule has 0 spiro atoms. The molecule has 0 unspecified atom stereocenters. The lowest BCUT2D eigenvalue weighted by Crippen LogP contribution is -1.81. The Morgan fingerprint density at radius 1 is 1.64 bits per heavy atom. The highest BCUT2D eigenvalue weighted by molar-refractivity contribution is 7.16. The fraction of sp³-hybridized carbons (Fsp3) is 0.429. The van der Waals surface area contributed by atoms with Crippen LogP contribution in [0.25, 0.3) is 0 Å². The third-order valence-corrected chi connectivity index (χ3v) is 2.77. The molecule has 1 saturated carbocycles. The van der Waals surface area contributed by atoms with Gasteiger partial charge in [0.1, 0.15) is 10.9 Å². The first kappa shape index (κ1) is 7.08. The standard InChI is InChI=1S/C7H5ClN2S/c8-7-10-6(4-1-2-4)5(3-9)11-7/h4H,1-2H2. The lowest BCUT2D eigenvalue weighted by molar-refractivity contribution is 1.04. The number of nitriles is 1. The maximum absolute atomic E-state index is 8.67. The van der Waals surface area contributed by atoms with Crippen molar-refractivity contribution in [2.45, 2.75) is 18.8 Å². The minimum atomic E-state index is 0.489. The fourth-order valence-corrected chi connectivity index (χ4v) is 2.02. The summed E-state index contributed by atoms with van der Waals surface area (Å²) in [5, 5.41) is 8.67. The minimum Gasteiger partial charge on any atom is -0.228 e. The Morgan fingerprint density at radius 2 is 2.36 bits per heavy atom. The summed E-state index contributed by atoms with van der Waals surface area (Å²) in [6.45, 7) is 0. The van der Waals surface area contributed by atoms with Crippen molar-refractivity contribution in [3.8, 4) is 6.07 Å². The van der Waals surface area contributed by atoms with Gasteiger partial charge in [-0.2, -0.15) is 5.26 Å². The summed E-state index contributed by atoms with van der Waals surface area (Å²) >= 11 is 6.95. The molecule has 1 heterocycles. The van der Waals surface area contributed by atoms with E-state index in [-0.39, 0.29) is 0 Å². The number of thiazole rings is 1. The van der Waals surface area contributed by atoms with Crippen LogP contribution in [0.2, 0.25) is 4.47 Å². The summed E-state index contributed by atoms with van der Waals surface area (Å²) in [4.78, 5) is 4.80. The molecule has 2 rings (SSSR count). The second-order valence-electron chi connectivity index (χ2n) is 2.57. The molecule has 0 N–H and O–H groups in total. The van der Waals surface area contributed by atoms with Gasteiger partial charge in [-0.05, 0) is 12.8 Å². The second-order valence-corrected chi connectivity index (χ2v) is 4.15. The van der Waals surface area contributed by atoms with Gasteiger partial charge in [0, 0.05) is 5.92 Å². The van der Waals surface area contributed by atoms with Crippen molar-refractivity contribution in [1.29, 1.82) is 5.26 Å². The summed E-state index contributed by atoms with van der Waals surface area (Å²) in [5.74, 6) is 0.522. The summed E-state index contributed by atoms with van der Waals surface area (Å²) < 4.78 is 0.489. The van der Waals surface area contributed by atoms with Crippen molar-refractivity contribution >= 4 is 22.9 Å². The highest BCUT2D eigenvalue weighted by atomic mass is 35.5. The molecular formula is C7H5ClN2S. The molecule has 1 aromatic rings. The second kappa shape index (κ2) is 2.47.